The highest BCUT2D eigenvalue weighted by atomic mass is 16.1. The SMILES string of the molecule is Cc1cc(C2CC(=O)CCN2)ncn1. The molecular weight excluding hydrogens is 178 g/mol. The van der Waals surface area contributed by atoms with Crippen LogP contribution in [0.5, 0.6) is 0 Å². The Bertz CT molecular complexity index is 351. The maximum absolute atomic E-state index is 11.2. The van der Waals surface area contributed by atoms with Gasteiger partial charge in [-0.3, -0.25) is 4.79 Å². The summed E-state index contributed by atoms with van der Waals surface area (Å²) < 4.78 is 0. The van der Waals surface area contributed by atoms with Gasteiger partial charge in [0, 0.05) is 25.1 Å². The summed E-state index contributed by atoms with van der Waals surface area (Å²) in [5.41, 5.74) is 1.86. The first-order valence-corrected chi connectivity index (χ1v) is 4.79. The number of hydrogen-bond donors (Lipinski definition) is 1. The molecule has 4 nitrogen and oxygen atoms in total. The van der Waals surface area contributed by atoms with Crippen LogP contribution in [0.15, 0.2) is 12.4 Å². The molecule has 1 aromatic rings. The lowest BCUT2D eigenvalue weighted by molar-refractivity contribution is -0.120. The summed E-state index contributed by atoms with van der Waals surface area (Å²) in [4.78, 5) is 19.5. The average Bonchev–Trinajstić information content (AvgIpc) is 2.18. The molecule has 1 aromatic heterocycles. The predicted octanol–water partition coefficient (Wildman–Crippen LogP) is 0.779. The van der Waals surface area contributed by atoms with E-state index in [2.05, 4.69) is 15.3 Å². The van der Waals surface area contributed by atoms with Gasteiger partial charge in [0.25, 0.3) is 0 Å². The summed E-state index contributed by atoms with van der Waals surface area (Å²) >= 11 is 0. The Kier molecular flexibility index (Phi) is 2.54. The predicted molar refractivity (Wildman–Crippen MR) is 51.8 cm³/mol. The highest BCUT2D eigenvalue weighted by molar-refractivity contribution is 5.80. The first kappa shape index (κ1) is 9.27. The number of nitrogens with one attached hydrogen (secondary N) is 1. The number of nitrogens with zero attached hydrogens (tertiary/aromatic N) is 2. The van der Waals surface area contributed by atoms with Crippen molar-refractivity contribution in [3.63, 3.8) is 0 Å². The Morgan fingerprint density at radius 2 is 2.36 bits per heavy atom. The van der Waals surface area contributed by atoms with Gasteiger partial charge in [0.2, 0.25) is 0 Å². The molecule has 0 bridgehead atoms. The third-order valence-electron chi connectivity index (χ3n) is 2.41. The third kappa shape index (κ3) is 1.96. The maximum atomic E-state index is 11.2. The quantitative estimate of drug-likeness (QED) is 0.712. The summed E-state index contributed by atoms with van der Waals surface area (Å²) in [6.07, 6.45) is 2.74. The van der Waals surface area contributed by atoms with Gasteiger partial charge < -0.3 is 5.32 Å². The fourth-order valence-corrected chi connectivity index (χ4v) is 1.66. The zero-order valence-electron chi connectivity index (χ0n) is 8.16. The van der Waals surface area contributed by atoms with E-state index in [0.717, 1.165) is 17.9 Å². The maximum Gasteiger partial charge on any atom is 0.136 e. The Labute approximate surface area is 82.8 Å². The summed E-state index contributed by atoms with van der Waals surface area (Å²) in [5, 5.41) is 3.28. The number of hydrogen-bond acceptors (Lipinski definition) is 4. The van der Waals surface area contributed by atoms with Gasteiger partial charge in [-0.15, -0.1) is 0 Å². The van der Waals surface area contributed by atoms with Crippen LogP contribution < -0.4 is 5.32 Å². The van der Waals surface area contributed by atoms with Crippen LogP contribution >= 0.6 is 0 Å². The van der Waals surface area contributed by atoms with Crippen LogP contribution in [0.25, 0.3) is 0 Å². The van der Waals surface area contributed by atoms with Crippen molar-refractivity contribution in [2.45, 2.75) is 25.8 Å². The molecule has 1 atom stereocenters. The van der Waals surface area contributed by atoms with E-state index in [9.17, 15) is 4.79 Å². The summed E-state index contributed by atoms with van der Waals surface area (Å²) in [7, 11) is 0. The minimum absolute atomic E-state index is 0.0814. The van der Waals surface area contributed by atoms with Crippen LogP contribution in [0.4, 0.5) is 0 Å². The van der Waals surface area contributed by atoms with E-state index in [1.807, 2.05) is 13.0 Å². The number of aryl methyl sites for hydroxylation is 1. The van der Waals surface area contributed by atoms with Crippen molar-refractivity contribution in [3.8, 4) is 0 Å². The van der Waals surface area contributed by atoms with E-state index in [1.165, 1.54) is 0 Å². The zero-order valence-corrected chi connectivity index (χ0v) is 8.16. The Hall–Kier alpha value is -1.29. The molecule has 0 amide bonds. The van der Waals surface area contributed by atoms with Crippen LogP contribution in [-0.4, -0.2) is 22.3 Å². The van der Waals surface area contributed by atoms with Crippen LogP contribution in [0.2, 0.25) is 0 Å². The molecule has 74 valence electrons. The second-order valence-electron chi connectivity index (χ2n) is 3.58. The number of carbonyl (C=O) groups excluding carboxylic acids is 1. The first-order chi connectivity index (χ1) is 6.75. The number of ketones is 1. The monoisotopic (exact) mass is 191 g/mol. The zero-order chi connectivity index (χ0) is 9.97. The van der Waals surface area contributed by atoms with E-state index in [0.29, 0.717) is 18.6 Å². The summed E-state index contributed by atoms with van der Waals surface area (Å²) in [6, 6.07) is 2.01. The Morgan fingerprint density at radius 3 is 3.07 bits per heavy atom. The number of aromatic nitrogens is 2. The summed E-state index contributed by atoms with van der Waals surface area (Å²) in [5.74, 6) is 0.310. The highest BCUT2D eigenvalue weighted by Gasteiger charge is 2.21. The third-order valence-corrected chi connectivity index (χ3v) is 2.41. The van der Waals surface area contributed by atoms with Gasteiger partial charge in [-0.1, -0.05) is 0 Å². The molecule has 2 heterocycles. The molecule has 14 heavy (non-hydrogen) atoms. The van der Waals surface area contributed by atoms with Gasteiger partial charge in [0.05, 0.1) is 11.7 Å². The van der Waals surface area contributed by atoms with E-state index in [4.69, 9.17) is 0 Å². The Morgan fingerprint density at radius 1 is 1.50 bits per heavy atom. The van der Waals surface area contributed by atoms with Crippen molar-refractivity contribution in [1.29, 1.82) is 0 Å². The highest BCUT2D eigenvalue weighted by Crippen LogP contribution is 2.18. The van der Waals surface area contributed by atoms with Gasteiger partial charge in [-0.05, 0) is 13.0 Å². The Balaban J connectivity index is 2.17. The van der Waals surface area contributed by atoms with E-state index in [-0.39, 0.29) is 6.04 Å². The van der Waals surface area contributed by atoms with Crippen LogP contribution in [0.3, 0.4) is 0 Å². The molecule has 2 rings (SSSR count). The molecule has 1 aliphatic rings. The largest absolute Gasteiger partial charge is 0.308 e. The minimum atomic E-state index is 0.0814. The second-order valence-corrected chi connectivity index (χ2v) is 3.58. The number of piperidine rings is 1. The smallest absolute Gasteiger partial charge is 0.136 e. The van der Waals surface area contributed by atoms with Crippen molar-refractivity contribution >= 4 is 5.78 Å². The molecule has 0 aromatic carbocycles. The molecule has 1 aliphatic heterocycles. The molecule has 0 saturated carbocycles. The number of carbonyl (C=O) groups is 1. The van der Waals surface area contributed by atoms with Gasteiger partial charge in [0.1, 0.15) is 12.1 Å². The molecular formula is C10H13N3O. The van der Waals surface area contributed by atoms with Gasteiger partial charge in [0.15, 0.2) is 0 Å². The molecule has 1 N–H and O–H groups in total. The van der Waals surface area contributed by atoms with Gasteiger partial charge >= 0.3 is 0 Å². The standard InChI is InChI=1S/C10H13N3O/c1-7-4-9(13-6-12-7)10-5-8(14)2-3-11-10/h4,6,10-11H,2-3,5H2,1H3. The number of rotatable bonds is 1. The average molecular weight is 191 g/mol. The molecule has 0 spiro atoms. The van der Waals surface area contributed by atoms with E-state index in [1.54, 1.807) is 6.33 Å². The van der Waals surface area contributed by atoms with Crippen molar-refractivity contribution in [1.82, 2.24) is 15.3 Å². The normalized spacial score (nSPS) is 22.4. The van der Waals surface area contributed by atoms with Crippen molar-refractivity contribution in [3.05, 3.63) is 23.8 Å². The van der Waals surface area contributed by atoms with Crippen LogP contribution in [0.1, 0.15) is 30.3 Å². The molecule has 0 radical (unpaired) electrons. The molecule has 0 aliphatic carbocycles. The van der Waals surface area contributed by atoms with Crippen LogP contribution in [-0.2, 0) is 4.79 Å². The molecule has 4 heteroatoms. The fourth-order valence-electron chi connectivity index (χ4n) is 1.66. The topological polar surface area (TPSA) is 54.9 Å². The lowest BCUT2D eigenvalue weighted by atomic mass is 10.0. The van der Waals surface area contributed by atoms with E-state index >= 15 is 0 Å². The summed E-state index contributed by atoms with van der Waals surface area (Å²) in [6.45, 7) is 2.68. The van der Waals surface area contributed by atoms with Gasteiger partial charge in [-0.2, -0.15) is 0 Å². The first-order valence-electron chi connectivity index (χ1n) is 4.79. The van der Waals surface area contributed by atoms with Crippen molar-refractivity contribution in [2.75, 3.05) is 6.54 Å². The minimum Gasteiger partial charge on any atom is -0.308 e. The van der Waals surface area contributed by atoms with Crippen molar-refractivity contribution < 1.29 is 4.79 Å². The lowest BCUT2D eigenvalue weighted by Gasteiger charge is -2.21. The van der Waals surface area contributed by atoms with Crippen LogP contribution in [0, 0.1) is 6.92 Å². The van der Waals surface area contributed by atoms with E-state index < -0.39 is 0 Å². The van der Waals surface area contributed by atoms with Crippen molar-refractivity contribution in [2.24, 2.45) is 0 Å². The van der Waals surface area contributed by atoms with Gasteiger partial charge in [-0.25, -0.2) is 9.97 Å². The second kappa shape index (κ2) is 3.84. The fraction of sp³-hybridized carbons (Fsp3) is 0.500. The molecule has 1 unspecified atom stereocenters. The molecule has 1 fully saturated rings. The lowest BCUT2D eigenvalue weighted by Crippen LogP contribution is -2.32. The molecule has 1 saturated heterocycles. The number of Topliss-reactive ketones (excluding diaryl/α,β-unsaturated/α-hetero) is 1.